The zero-order valence-electron chi connectivity index (χ0n) is 21.5. The Balaban J connectivity index is 1.52. The first-order valence-electron chi connectivity index (χ1n) is 12.5. The van der Waals surface area contributed by atoms with Gasteiger partial charge in [0.25, 0.3) is 0 Å². The van der Waals surface area contributed by atoms with Crippen LogP contribution in [0.4, 0.5) is 5.69 Å². The van der Waals surface area contributed by atoms with Crippen molar-refractivity contribution >= 4 is 33.2 Å². The lowest BCUT2D eigenvalue weighted by Gasteiger charge is -2.38. The molecule has 3 aromatic rings. The Labute approximate surface area is 229 Å². The van der Waals surface area contributed by atoms with Crippen molar-refractivity contribution in [3.63, 3.8) is 0 Å². The summed E-state index contributed by atoms with van der Waals surface area (Å²) in [6, 6.07) is 20.4. The molecule has 0 aromatic heterocycles. The lowest BCUT2D eigenvalue weighted by atomic mass is 10.1. The number of anilines is 1. The van der Waals surface area contributed by atoms with Crippen LogP contribution in [-0.4, -0.2) is 65.2 Å². The van der Waals surface area contributed by atoms with Crippen LogP contribution in [0.15, 0.2) is 77.7 Å². The highest BCUT2D eigenvalue weighted by molar-refractivity contribution is 7.89. The van der Waals surface area contributed by atoms with Gasteiger partial charge in [-0.15, -0.1) is 0 Å². The Morgan fingerprint density at radius 1 is 0.974 bits per heavy atom. The van der Waals surface area contributed by atoms with Gasteiger partial charge in [-0.2, -0.15) is 4.72 Å². The molecule has 1 aliphatic rings. The van der Waals surface area contributed by atoms with Crippen LogP contribution in [0, 0.1) is 0 Å². The first-order valence-corrected chi connectivity index (χ1v) is 14.3. The largest absolute Gasteiger partial charge is 0.495 e. The van der Waals surface area contributed by atoms with Crippen LogP contribution in [0.1, 0.15) is 12.5 Å². The van der Waals surface area contributed by atoms with E-state index in [9.17, 15) is 13.2 Å². The number of amides is 1. The van der Waals surface area contributed by atoms with E-state index >= 15 is 0 Å². The topological polar surface area (TPSA) is 88.2 Å². The molecule has 202 valence electrons. The predicted molar refractivity (Wildman–Crippen MR) is 149 cm³/mol. The van der Waals surface area contributed by atoms with E-state index in [1.54, 1.807) is 12.0 Å². The number of rotatable bonds is 10. The van der Waals surface area contributed by atoms with Gasteiger partial charge in [0.05, 0.1) is 29.3 Å². The summed E-state index contributed by atoms with van der Waals surface area (Å²) in [6.45, 7) is 4.34. The van der Waals surface area contributed by atoms with Gasteiger partial charge < -0.3 is 19.3 Å². The Kier molecular flexibility index (Phi) is 9.14. The molecule has 0 radical (unpaired) electrons. The molecule has 8 nitrogen and oxygen atoms in total. The van der Waals surface area contributed by atoms with E-state index in [0.29, 0.717) is 38.5 Å². The minimum Gasteiger partial charge on any atom is -0.495 e. The quantitative estimate of drug-likeness (QED) is 0.406. The Bertz CT molecular complexity index is 1350. The summed E-state index contributed by atoms with van der Waals surface area (Å²) in [7, 11) is -2.41. The summed E-state index contributed by atoms with van der Waals surface area (Å²) < 4.78 is 40.2. The molecule has 3 aromatic carbocycles. The summed E-state index contributed by atoms with van der Waals surface area (Å²) >= 11 is 6.24. The SMILES string of the molecule is CCOc1ccc(S(=O)(=O)N[C@H](Cc2ccccc2)C(=O)N2CCN(c3ccccc3OC)CC2)cc1Cl. The van der Waals surface area contributed by atoms with Gasteiger partial charge in [0, 0.05) is 26.2 Å². The second-order valence-corrected chi connectivity index (χ2v) is 11.0. The van der Waals surface area contributed by atoms with Crippen molar-refractivity contribution in [2.75, 3.05) is 44.8 Å². The number of piperazine rings is 1. The molecule has 38 heavy (non-hydrogen) atoms. The predicted octanol–water partition coefficient (Wildman–Crippen LogP) is 3.99. The van der Waals surface area contributed by atoms with Crippen molar-refractivity contribution < 1.29 is 22.7 Å². The third-order valence-corrected chi connectivity index (χ3v) is 8.17. The molecule has 1 atom stereocenters. The van der Waals surface area contributed by atoms with Gasteiger partial charge in [-0.3, -0.25) is 4.79 Å². The third-order valence-electron chi connectivity index (χ3n) is 6.41. The van der Waals surface area contributed by atoms with Gasteiger partial charge in [0.1, 0.15) is 17.5 Å². The first kappa shape index (κ1) is 27.8. The van der Waals surface area contributed by atoms with Crippen molar-refractivity contribution in [1.29, 1.82) is 0 Å². The van der Waals surface area contributed by atoms with E-state index in [1.165, 1.54) is 18.2 Å². The first-order chi connectivity index (χ1) is 18.3. The van der Waals surface area contributed by atoms with Crippen LogP contribution < -0.4 is 19.1 Å². The molecule has 10 heteroatoms. The van der Waals surface area contributed by atoms with Gasteiger partial charge in [-0.25, -0.2) is 8.42 Å². The maximum atomic E-state index is 13.7. The number of carbonyl (C=O) groups is 1. The lowest BCUT2D eigenvalue weighted by Crippen LogP contribution is -2.55. The van der Waals surface area contributed by atoms with Crippen LogP contribution in [-0.2, 0) is 21.2 Å². The Morgan fingerprint density at radius 2 is 1.66 bits per heavy atom. The number of sulfonamides is 1. The van der Waals surface area contributed by atoms with Gasteiger partial charge in [-0.1, -0.05) is 54.1 Å². The molecule has 0 unspecified atom stereocenters. The number of nitrogens with one attached hydrogen (secondary N) is 1. The van der Waals surface area contributed by atoms with Crippen LogP contribution >= 0.6 is 11.6 Å². The summed E-state index contributed by atoms with van der Waals surface area (Å²) in [4.78, 5) is 17.5. The summed E-state index contributed by atoms with van der Waals surface area (Å²) in [5, 5.41) is 0.188. The van der Waals surface area contributed by atoms with Gasteiger partial charge in [0.2, 0.25) is 15.9 Å². The Morgan fingerprint density at radius 3 is 2.32 bits per heavy atom. The average Bonchev–Trinajstić information content (AvgIpc) is 2.94. The molecule has 1 heterocycles. The second kappa shape index (κ2) is 12.5. The van der Waals surface area contributed by atoms with Crippen molar-refractivity contribution in [2.45, 2.75) is 24.3 Å². The number of carbonyl (C=O) groups excluding carboxylic acids is 1. The number of halogens is 1. The van der Waals surface area contributed by atoms with E-state index < -0.39 is 16.1 Å². The normalized spacial score (nSPS) is 14.7. The highest BCUT2D eigenvalue weighted by Gasteiger charge is 2.32. The second-order valence-electron chi connectivity index (χ2n) is 8.87. The molecular weight excluding hydrogens is 526 g/mol. The van der Waals surface area contributed by atoms with Crippen molar-refractivity contribution in [1.82, 2.24) is 9.62 Å². The van der Waals surface area contributed by atoms with E-state index in [1.807, 2.05) is 61.5 Å². The Hall–Kier alpha value is -3.27. The molecule has 1 saturated heterocycles. The molecule has 1 N–H and O–H groups in total. The maximum Gasteiger partial charge on any atom is 0.241 e. The minimum atomic E-state index is -4.04. The van der Waals surface area contributed by atoms with Crippen LogP contribution in [0.25, 0.3) is 0 Å². The monoisotopic (exact) mass is 557 g/mol. The minimum absolute atomic E-state index is 0.0298. The van der Waals surface area contributed by atoms with Crippen molar-refractivity contribution in [3.05, 3.63) is 83.4 Å². The molecule has 1 fully saturated rings. The fraction of sp³-hybridized carbons (Fsp3) is 0.321. The summed E-state index contributed by atoms with van der Waals surface area (Å²) in [6.07, 6.45) is 0.219. The van der Waals surface area contributed by atoms with Crippen LogP contribution in [0.2, 0.25) is 5.02 Å². The van der Waals surface area contributed by atoms with E-state index in [-0.39, 0.29) is 22.2 Å². The molecule has 0 bridgehead atoms. The van der Waals surface area contributed by atoms with E-state index in [0.717, 1.165) is 17.0 Å². The lowest BCUT2D eigenvalue weighted by molar-refractivity contribution is -0.133. The standard InChI is InChI=1S/C28H32ClN3O5S/c1-3-37-26-14-13-22(20-23(26)29)38(34,35)30-24(19-21-9-5-4-6-10-21)28(33)32-17-15-31(16-18-32)25-11-7-8-12-27(25)36-2/h4-14,20,24,30H,3,15-19H2,1-2H3/t24-/m1/s1. The van der Waals surface area contributed by atoms with E-state index in [2.05, 4.69) is 9.62 Å². The molecular formula is C28H32ClN3O5S. The van der Waals surface area contributed by atoms with Gasteiger partial charge >= 0.3 is 0 Å². The van der Waals surface area contributed by atoms with Crippen molar-refractivity contribution in [2.24, 2.45) is 0 Å². The van der Waals surface area contributed by atoms with Crippen LogP contribution in [0.3, 0.4) is 0 Å². The molecule has 4 rings (SSSR count). The van der Waals surface area contributed by atoms with Gasteiger partial charge in [-0.05, 0) is 49.2 Å². The third kappa shape index (κ3) is 6.59. The highest BCUT2D eigenvalue weighted by Crippen LogP contribution is 2.29. The summed E-state index contributed by atoms with van der Waals surface area (Å²) in [5.41, 5.74) is 1.82. The fourth-order valence-electron chi connectivity index (χ4n) is 4.48. The molecule has 0 aliphatic carbocycles. The number of benzene rings is 3. The number of hydrogen-bond acceptors (Lipinski definition) is 6. The number of hydrogen-bond donors (Lipinski definition) is 1. The number of methoxy groups -OCH3 is 1. The smallest absolute Gasteiger partial charge is 0.241 e. The number of ether oxygens (including phenoxy) is 2. The average molecular weight is 558 g/mol. The highest BCUT2D eigenvalue weighted by atomic mass is 35.5. The maximum absolute atomic E-state index is 13.7. The van der Waals surface area contributed by atoms with Gasteiger partial charge in [0.15, 0.2) is 0 Å². The zero-order chi connectivity index (χ0) is 27.1. The number of nitrogens with zero attached hydrogens (tertiary/aromatic N) is 2. The zero-order valence-corrected chi connectivity index (χ0v) is 23.0. The van der Waals surface area contributed by atoms with E-state index in [4.69, 9.17) is 21.1 Å². The summed E-state index contributed by atoms with van der Waals surface area (Å²) in [5.74, 6) is 0.906. The molecule has 0 saturated carbocycles. The van der Waals surface area contributed by atoms with Crippen LogP contribution in [0.5, 0.6) is 11.5 Å². The molecule has 1 amide bonds. The number of para-hydroxylation sites is 2. The molecule has 0 spiro atoms. The fourth-order valence-corrected chi connectivity index (χ4v) is 6.00. The van der Waals surface area contributed by atoms with Crippen molar-refractivity contribution in [3.8, 4) is 11.5 Å². The molecule has 1 aliphatic heterocycles.